The summed E-state index contributed by atoms with van der Waals surface area (Å²) >= 11 is 0. The lowest BCUT2D eigenvalue weighted by Gasteiger charge is -2.23. The SMILES string of the molecule is CC(=O)c1ccc(OCC(=O)N2CCC[C@@H]2c2nnc3ccccn23)cc1. The Bertz CT molecular complexity index is 980. The molecule has 27 heavy (non-hydrogen) atoms. The van der Waals surface area contributed by atoms with Crippen LogP contribution in [0.3, 0.4) is 0 Å². The Balaban J connectivity index is 1.45. The first-order valence-corrected chi connectivity index (χ1v) is 8.96. The van der Waals surface area contributed by atoms with Crippen LogP contribution in [0.1, 0.15) is 42.0 Å². The number of amides is 1. The van der Waals surface area contributed by atoms with Gasteiger partial charge < -0.3 is 9.64 Å². The molecular weight excluding hydrogens is 344 g/mol. The van der Waals surface area contributed by atoms with Crippen LogP contribution in [0.4, 0.5) is 0 Å². The van der Waals surface area contributed by atoms with Gasteiger partial charge in [0.2, 0.25) is 0 Å². The van der Waals surface area contributed by atoms with Crippen molar-refractivity contribution in [2.75, 3.05) is 13.2 Å². The molecule has 2 aromatic heterocycles. The van der Waals surface area contributed by atoms with Gasteiger partial charge >= 0.3 is 0 Å². The van der Waals surface area contributed by atoms with Crippen LogP contribution in [0.25, 0.3) is 5.65 Å². The Morgan fingerprint density at radius 1 is 1.15 bits per heavy atom. The van der Waals surface area contributed by atoms with E-state index in [9.17, 15) is 9.59 Å². The smallest absolute Gasteiger partial charge is 0.261 e. The van der Waals surface area contributed by atoms with E-state index < -0.39 is 0 Å². The third kappa shape index (κ3) is 3.40. The Kier molecular flexibility index (Phi) is 4.58. The molecule has 4 rings (SSSR count). The molecule has 1 amide bonds. The zero-order valence-electron chi connectivity index (χ0n) is 15.0. The first-order chi connectivity index (χ1) is 13.1. The average molecular weight is 364 g/mol. The molecule has 0 spiro atoms. The second-order valence-corrected chi connectivity index (χ2v) is 6.60. The third-order valence-corrected chi connectivity index (χ3v) is 4.83. The number of likely N-dealkylation sites (tertiary alicyclic amines) is 1. The fourth-order valence-electron chi connectivity index (χ4n) is 3.43. The molecule has 0 bridgehead atoms. The van der Waals surface area contributed by atoms with Crippen molar-refractivity contribution in [2.24, 2.45) is 0 Å². The van der Waals surface area contributed by atoms with Gasteiger partial charge in [-0.1, -0.05) is 6.07 Å². The van der Waals surface area contributed by atoms with Crippen molar-refractivity contribution in [3.63, 3.8) is 0 Å². The highest BCUT2D eigenvalue weighted by Crippen LogP contribution is 2.31. The predicted octanol–water partition coefficient (Wildman–Crippen LogP) is 2.67. The highest BCUT2D eigenvalue weighted by atomic mass is 16.5. The number of pyridine rings is 1. The lowest BCUT2D eigenvalue weighted by atomic mass is 10.1. The molecule has 3 heterocycles. The molecule has 0 N–H and O–H groups in total. The lowest BCUT2D eigenvalue weighted by Crippen LogP contribution is -2.35. The monoisotopic (exact) mass is 364 g/mol. The molecule has 1 saturated heterocycles. The van der Waals surface area contributed by atoms with Crippen molar-refractivity contribution in [2.45, 2.75) is 25.8 Å². The van der Waals surface area contributed by atoms with E-state index in [-0.39, 0.29) is 24.3 Å². The van der Waals surface area contributed by atoms with Crippen molar-refractivity contribution in [3.8, 4) is 5.75 Å². The van der Waals surface area contributed by atoms with Crippen molar-refractivity contribution < 1.29 is 14.3 Å². The molecule has 1 atom stereocenters. The van der Waals surface area contributed by atoms with Crippen LogP contribution in [0.5, 0.6) is 5.75 Å². The number of rotatable bonds is 5. The Morgan fingerprint density at radius 2 is 1.96 bits per heavy atom. The van der Waals surface area contributed by atoms with E-state index in [1.807, 2.05) is 33.7 Å². The van der Waals surface area contributed by atoms with Crippen molar-refractivity contribution in [1.82, 2.24) is 19.5 Å². The van der Waals surface area contributed by atoms with Gasteiger partial charge in [-0.3, -0.25) is 14.0 Å². The molecule has 1 fully saturated rings. The van der Waals surface area contributed by atoms with E-state index in [1.165, 1.54) is 6.92 Å². The standard InChI is InChI=1S/C20H20N4O3/c1-14(25)15-7-9-16(10-8-15)27-13-19(26)23-12-4-5-17(23)20-22-21-18-6-2-3-11-24(18)20/h2-3,6-11,17H,4-5,12-13H2,1H3/t17-/m1/s1. The largest absolute Gasteiger partial charge is 0.484 e. The molecule has 0 aliphatic carbocycles. The molecule has 0 radical (unpaired) electrons. The van der Waals surface area contributed by atoms with Gasteiger partial charge in [0.05, 0.1) is 6.04 Å². The van der Waals surface area contributed by atoms with Gasteiger partial charge in [0, 0.05) is 18.3 Å². The summed E-state index contributed by atoms with van der Waals surface area (Å²) in [6.45, 7) is 2.14. The molecule has 138 valence electrons. The predicted molar refractivity (Wildman–Crippen MR) is 98.6 cm³/mol. The second-order valence-electron chi connectivity index (χ2n) is 6.60. The highest BCUT2D eigenvalue weighted by molar-refractivity contribution is 5.94. The van der Waals surface area contributed by atoms with E-state index in [1.54, 1.807) is 24.3 Å². The maximum absolute atomic E-state index is 12.7. The third-order valence-electron chi connectivity index (χ3n) is 4.83. The van der Waals surface area contributed by atoms with E-state index in [4.69, 9.17) is 4.74 Å². The number of hydrogen-bond acceptors (Lipinski definition) is 5. The van der Waals surface area contributed by atoms with Gasteiger partial charge in [-0.05, 0) is 56.2 Å². The number of benzene rings is 1. The molecule has 1 aliphatic rings. The van der Waals surface area contributed by atoms with Gasteiger partial charge in [0.15, 0.2) is 23.9 Å². The molecule has 1 aromatic carbocycles. The van der Waals surface area contributed by atoms with Crippen LogP contribution in [0.2, 0.25) is 0 Å². The van der Waals surface area contributed by atoms with Gasteiger partial charge in [0.25, 0.3) is 5.91 Å². The number of nitrogens with zero attached hydrogens (tertiary/aromatic N) is 4. The fraction of sp³-hybridized carbons (Fsp3) is 0.300. The quantitative estimate of drug-likeness (QED) is 0.651. The molecule has 3 aromatic rings. The molecule has 1 aliphatic heterocycles. The van der Waals surface area contributed by atoms with Crippen molar-refractivity contribution >= 4 is 17.3 Å². The van der Waals surface area contributed by atoms with E-state index in [0.29, 0.717) is 17.9 Å². The van der Waals surface area contributed by atoms with Crippen LogP contribution in [0, 0.1) is 0 Å². The molecule has 0 unspecified atom stereocenters. The van der Waals surface area contributed by atoms with Gasteiger partial charge in [-0.15, -0.1) is 10.2 Å². The average Bonchev–Trinajstić information content (AvgIpc) is 3.33. The van der Waals surface area contributed by atoms with Crippen LogP contribution in [-0.4, -0.2) is 44.3 Å². The van der Waals surface area contributed by atoms with E-state index in [2.05, 4.69) is 10.2 Å². The molecule has 7 heteroatoms. The summed E-state index contributed by atoms with van der Waals surface area (Å²) in [5.74, 6) is 1.26. The van der Waals surface area contributed by atoms with Gasteiger partial charge in [0.1, 0.15) is 5.75 Å². The zero-order valence-corrected chi connectivity index (χ0v) is 15.0. The number of carbonyl (C=O) groups is 2. The van der Waals surface area contributed by atoms with E-state index in [0.717, 1.165) is 24.3 Å². The topological polar surface area (TPSA) is 76.8 Å². The second kappa shape index (κ2) is 7.19. The first-order valence-electron chi connectivity index (χ1n) is 8.96. The van der Waals surface area contributed by atoms with Crippen LogP contribution in [0.15, 0.2) is 48.7 Å². The summed E-state index contributed by atoms with van der Waals surface area (Å²) in [4.78, 5) is 25.9. The number of ketones is 1. The number of ether oxygens (including phenoxy) is 1. The number of hydrogen-bond donors (Lipinski definition) is 0. The van der Waals surface area contributed by atoms with Crippen LogP contribution >= 0.6 is 0 Å². The number of aromatic nitrogens is 3. The fourth-order valence-corrected chi connectivity index (χ4v) is 3.43. The Hall–Kier alpha value is -3.22. The minimum absolute atomic E-state index is 0.00179. The number of fused-ring (bicyclic) bond motifs is 1. The highest BCUT2D eigenvalue weighted by Gasteiger charge is 2.33. The van der Waals surface area contributed by atoms with Crippen molar-refractivity contribution in [1.29, 1.82) is 0 Å². The minimum atomic E-state index is -0.0985. The minimum Gasteiger partial charge on any atom is -0.484 e. The summed E-state index contributed by atoms with van der Waals surface area (Å²) in [5, 5.41) is 8.49. The summed E-state index contributed by atoms with van der Waals surface area (Å²) < 4.78 is 7.55. The summed E-state index contributed by atoms with van der Waals surface area (Å²) in [5.41, 5.74) is 1.39. The number of carbonyl (C=O) groups excluding carboxylic acids is 2. The van der Waals surface area contributed by atoms with Crippen LogP contribution in [-0.2, 0) is 4.79 Å². The van der Waals surface area contributed by atoms with Crippen molar-refractivity contribution in [3.05, 3.63) is 60.0 Å². The zero-order chi connectivity index (χ0) is 18.8. The Morgan fingerprint density at radius 3 is 2.74 bits per heavy atom. The first kappa shape index (κ1) is 17.2. The van der Waals surface area contributed by atoms with Crippen LogP contribution < -0.4 is 4.74 Å². The summed E-state index contributed by atoms with van der Waals surface area (Å²) in [6.07, 6.45) is 3.69. The summed E-state index contributed by atoms with van der Waals surface area (Å²) in [6, 6.07) is 12.4. The van der Waals surface area contributed by atoms with Gasteiger partial charge in [-0.25, -0.2) is 0 Å². The number of Topliss-reactive ketones (excluding diaryl/α,β-unsaturated/α-hetero) is 1. The summed E-state index contributed by atoms with van der Waals surface area (Å²) in [7, 11) is 0. The van der Waals surface area contributed by atoms with E-state index >= 15 is 0 Å². The lowest BCUT2D eigenvalue weighted by molar-refractivity contribution is -0.134. The normalized spacial score (nSPS) is 16.6. The van der Waals surface area contributed by atoms with Gasteiger partial charge in [-0.2, -0.15) is 0 Å². The maximum atomic E-state index is 12.7. The maximum Gasteiger partial charge on any atom is 0.261 e. The molecular formula is C20H20N4O3. The molecule has 0 saturated carbocycles. The molecule has 7 nitrogen and oxygen atoms in total. The Labute approximate surface area is 156 Å².